The van der Waals surface area contributed by atoms with E-state index in [-0.39, 0.29) is 5.54 Å². The fraction of sp³-hybridized carbons (Fsp3) is 0.667. The lowest BCUT2D eigenvalue weighted by molar-refractivity contribution is -0.192. The van der Waals surface area contributed by atoms with Crippen LogP contribution in [0.4, 0.5) is 13.2 Å². The van der Waals surface area contributed by atoms with Crippen LogP contribution in [-0.4, -0.2) is 58.1 Å². The van der Waals surface area contributed by atoms with Gasteiger partial charge in [-0.15, -0.1) is 0 Å². The Morgan fingerprint density at radius 3 is 2.56 bits per heavy atom. The molecule has 3 heterocycles. The number of nitrogens with zero attached hydrogens (tertiary/aromatic N) is 2. The van der Waals surface area contributed by atoms with Gasteiger partial charge in [-0.05, 0) is 61.5 Å². The summed E-state index contributed by atoms with van der Waals surface area (Å²) in [6.45, 7) is 6.37. The van der Waals surface area contributed by atoms with Crippen molar-refractivity contribution in [1.82, 2.24) is 9.80 Å². The summed E-state index contributed by atoms with van der Waals surface area (Å²) in [6.07, 6.45) is 0.307. The van der Waals surface area contributed by atoms with Gasteiger partial charge in [0.2, 0.25) is 5.91 Å². The number of carbonyl (C=O) groups excluding carboxylic acids is 1. The van der Waals surface area contributed by atoms with Gasteiger partial charge in [-0.1, -0.05) is 0 Å². The molecule has 27 heavy (non-hydrogen) atoms. The highest BCUT2D eigenvalue weighted by atomic mass is 32.1. The van der Waals surface area contributed by atoms with E-state index >= 15 is 0 Å². The van der Waals surface area contributed by atoms with Crippen molar-refractivity contribution in [3.63, 3.8) is 0 Å². The van der Waals surface area contributed by atoms with Gasteiger partial charge >= 0.3 is 12.1 Å². The number of alkyl halides is 3. The van der Waals surface area contributed by atoms with Gasteiger partial charge in [-0.3, -0.25) is 9.69 Å². The van der Waals surface area contributed by atoms with Crippen LogP contribution in [-0.2, 0) is 16.1 Å². The van der Waals surface area contributed by atoms with Crippen LogP contribution in [0, 0.1) is 0 Å². The minimum absolute atomic E-state index is 0.176. The van der Waals surface area contributed by atoms with Gasteiger partial charge in [0, 0.05) is 31.6 Å². The molecule has 1 amide bonds. The van der Waals surface area contributed by atoms with Crippen molar-refractivity contribution >= 4 is 23.2 Å². The number of hydrogen-bond acceptors (Lipinski definition) is 4. The molecule has 1 aromatic heterocycles. The van der Waals surface area contributed by atoms with Crippen molar-refractivity contribution in [3.8, 4) is 0 Å². The first-order chi connectivity index (χ1) is 12.7. The number of aliphatic carboxylic acids is 1. The van der Waals surface area contributed by atoms with Gasteiger partial charge in [-0.2, -0.15) is 24.5 Å². The third-order valence-corrected chi connectivity index (χ3v) is 5.96. The van der Waals surface area contributed by atoms with Crippen molar-refractivity contribution < 1.29 is 27.9 Å². The molecule has 3 rings (SSSR count). The van der Waals surface area contributed by atoms with Gasteiger partial charge in [-0.25, -0.2) is 4.79 Å². The summed E-state index contributed by atoms with van der Waals surface area (Å²) in [5.41, 5.74) is 1.61. The highest BCUT2D eigenvalue weighted by Crippen LogP contribution is 2.39. The van der Waals surface area contributed by atoms with Gasteiger partial charge in [0.15, 0.2) is 0 Å². The first-order valence-corrected chi connectivity index (χ1v) is 9.96. The molecule has 2 aliphatic rings. The van der Waals surface area contributed by atoms with E-state index in [2.05, 4.69) is 33.6 Å². The Morgan fingerprint density at radius 2 is 2.00 bits per heavy atom. The Kier molecular flexibility index (Phi) is 7.27. The molecule has 0 radical (unpaired) electrons. The largest absolute Gasteiger partial charge is 0.490 e. The SMILES string of the molecule is CCN1C(=O)CCC12CCCN(Cc1ccsc1)CC2.O=C(O)C(F)(F)F. The molecule has 0 aliphatic carbocycles. The summed E-state index contributed by atoms with van der Waals surface area (Å²) in [7, 11) is 0. The first-order valence-electron chi connectivity index (χ1n) is 9.02. The van der Waals surface area contributed by atoms with Crippen LogP contribution >= 0.6 is 11.3 Å². The molecule has 9 heteroatoms. The van der Waals surface area contributed by atoms with Gasteiger partial charge in [0.05, 0.1) is 0 Å². The Morgan fingerprint density at radius 1 is 1.30 bits per heavy atom. The molecular formula is C18H25F3N2O3S. The molecule has 2 fully saturated rings. The molecular weight excluding hydrogens is 381 g/mol. The highest BCUT2D eigenvalue weighted by molar-refractivity contribution is 7.07. The maximum atomic E-state index is 12.0. The average molecular weight is 406 g/mol. The van der Waals surface area contributed by atoms with E-state index < -0.39 is 12.1 Å². The summed E-state index contributed by atoms with van der Waals surface area (Å²) < 4.78 is 31.7. The Labute approximate surface area is 160 Å². The zero-order valence-electron chi connectivity index (χ0n) is 15.3. The molecule has 1 spiro atoms. The fourth-order valence-corrected chi connectivity index (χ4v) is 4.60. The van der Waals surface area contributed by atoms with E-state index in [1.807, 2.05) is 0 Å². The van der Waals surface area contributed by atoms with E-state index in [0.717, 1.165) is 38.9 Å². The lowest BCUT2D eigenvalue weighted by Gasteiger charge is -2.37. The van der Waals surface area contributed by atoms with Crippen LogP contribution in [0.1, 0.15) is 44.6 Å². The molecule has 1 atom stereocenters. The van der Waals surface area contributed by atoms with E-state index in [1.165, 1.54) is 24.9 Å². The molecule has 2 saturated heterocycles. The second-order valence-corrected chi connectivity index (χ2v) is 7.71. The number of amides is 1. The number of thiophene rings is 1. The van der Waals surface area contributed by atoms with E-state index in [9.17, 15) is 18.0 Å². The van der Waals surface area contributed by atoms with Crippen molar-refractivity contribution in [2.24, 2.45) is 0 Å². The molecule has 0 bridgehead atoms. The summed E-state index contributed by atoms with van der Waals surface area (Å²) >= 11 is 1.78. The molecule has 0 saturated carbocycles. The molecule has 1 unspecified atom stereocenters. The van der Waals surface area contributed by atoms with Crippen molar-refractivity contribution in [1.29, 1.82) is 0 Å². The van der Waals surface area contributed by atoms with Crippen LogP contribution < -0.4 is 0 Å². The zero-order chi connectivity index (χ0) is 20.1. The van der Waals surface area contributed by atoms with Crippen LogP contribution in [0.5, 0.6) is 0 Å². The minimum Gasteiger partial charge on any atom is -0.475 e. The summed E-state index contributed by atoms with van der Waals surface area (Å²) in [5, 5.41) is 11.5. The normalized spacial score (nSPS) is 23.9. The van der Waals surface area contributed by atoms with E-state index in [0.29, 0.717) is 5.91 Å². The predicted octanol–water partition coefficient (Wildman–Crippen LogP) is 3.75. The Hall–Kier alpha value is -1.61. The third-order valence-electron chi connectivity index (χ3n) is 5.23. The molecule has 1 aromatic rings. The van der Waals surface area contributed by atoms with E-state index in [4.69, 9.17) is 9.90 Å². The van der Waals surface area contributed by atoms with Crippen LogP contribution in [0.3, 0.4) is 0 Å². The monoisotopic (exact) mass is 406 g/mol. The lowest BCUT2D eigenvalue weighted by atomic mass is 9.88. The first kappa shape index (κ1) is 21.7. The van der Waals surface area contributed by atoms with Crippen LogP contribution in [0.25, 0.3) is 0 Å². The molecule has 0 aromatic carbocycles. The number of carboxylic acids is 1. The quantitative estimate of drug-likeness (QED) is 0.831. The molecule has 1 N–H and O–H groups in total. The molecule has 2 aliphatic heterocycles. The predicted molar refractivity (Wildman–Crippen MR) is 96.5 cm³/mol. The second-order valence-electron chi connectivity index (χ2n) is 6.93. The standard InChI is InChI=1S/C16H24N2OS.C2HF3O2/c1-2-18-15(19)4-7-16(18)6-3-9-17(10-8-16)12-14-5-11-20-13-14;3-2(4,5)1(6)7/h5,11,13H,2-4,6-10,12H2,1H3;(H,6,7). The summed E-state index contributed by atoms with van der Waals surface area (Å²) in [4.78, 5) is 25.7. The number of halogens is 3. The topological polar surface area (TPSA) is 60.9 Å². The summed E-state index contributed by atoms with van der Waals surface area (Å²) in [5.74, 6) is -2.38. The van der Waals surface area contributed by atoms with E-state index in [1.54, 1.807) is 11.3 Å². The van der Waals surface area contributed by atoms with Crippen LogP contribution in [0.15, 0.2) is 16.8 Å². The number of rotatable bonds is 3. The van der Waals surface area contributed by atoms with Crippen molar-refractivity contribution in [3.05, 3.63) is 22.4 Å². The number of carbonyl (C=O) groups is 2. The maximum absolute atomic E-state index is 12.0. The minimum atomic E-state index is -5.08. The van der Waals surface area contributed by atoms with Crippen LogP contribution in [0.2, 0.25) is 0 Å². The molecule has 5 nitrogen and oxygen atoms in total. The van der Waals surface area contributed by atoms with Gasteiger partial charge < -0.3 is 10.0 Å². The average Bonchev–Trinajstić information content (AvgIpc) is 3.14. The smallest absolute Gasteiger partial charge is 0.475 e. The number of hydrogen-bond donors (Lipinski definition) is 1. The maximum Gasteiger partial charge on any atom is 0.490 e. The zero-order valence-corrected chi connectivity index (χ0v) is 16.1. The van der Waals surface area contributed by atoms with Gasteiger partial charge in [0.25, 0.3) is 0 Å². The fourth-order valence-electron chi connectivity index (χ4n) is 3.94. The van der Waals surface area contributed by atoms with Gasteiger partial charge in [0.1, 0.15) is 0 Å². The van der Waals surface area contributed by atoms with Crippen molar-refractivity contribution in [2.45, 2.75) is 57.3 Å². The number of likely N-dealkylation sites (tertiary alicyclic amines) is 2. The third kappa shape index (κ3) is 5.68. The van der Waals surface area contributed by atoms with Crippen molar-refractivity contribution in [2.75, 3.05) is 19.6 Å². The Bertz CT molecular complexity index is 636. The lowest BCUT2D eigenvalue weighted by Crippen LogP contribution is -2.46. The Balaban J connectivity index is 0.000000321. The summed E-state index contributed by atoms with van der Waals surface area (Å²) in [6, 6.07) is 2.22. The highest BCUT2D eigenvalue weighted by Gasteiger charge is 2.44. The molecule has 152 valence electrons. The number of carboxylic acid groups (broad SMARTS) is 1. The second kappa shape index (κ2) is 9.05.